The zero-order chi connectivity index (χ0) is 13.4. The molecule has 0 saturated carbocycles. The Morgan fingerprint density at radius 1 is 1.00 bits per heavy atom. The van der Waals surface area contributed by atoms with Crippen molar-refractivity contribution in [3.63, 3.8) is 0 Å². The van der Waals surface area contributed by atoms with E-state index in [0.29, 0.717) is 5.88 Å². The van der Waals surface area contributed by atoms with Gasteiger partial charge in [-0.3, -0.25) is 0 Å². The zero-order valence-corrected chi connectivity index (χ0v) is 12.0. The molecule has 0 saturated heterocycles. The second-order valence-corrected chi connectivity index (χ2v) is 5.33. The number of aromatic nitrogens is 1. The first-order valence-electron chi connectivity index (χ1n) is 6.12. The molecule has 1 nitrogen and oxygen atoms in total. The van der Waals surface area contributed by atoms with Crippen LogP contribution in [0.2, 0.25) is 5.02 Å². The molecule has 0 aliphatic heterocycles. The van der Waals surface area contributed by atoms with E-state index in [2.05, 4.69) is 35.8 Å². The molecule has 3 aromatic rings. The first kappa shape index (κ1) is 12.6. The van der Waals surface area contributed by atoms with Crippen LogP contribution in [-0.4, -0.2) is 4.57 Å². The van der Waals surface area contributed by atoms with E-state index in [1.54, 1.807) is 0 Å². The van der Waals surface area contributed by atoms with Crippen molar-refractivity contribution in [1.29, 1.82) is 0 Å². The predicted octanol–water partition coefficient (Wildman–Crippen LogP) is 5.33. The van der Waals surface area contributed by atoms with Gasteiger partial charge in [-0.25, -0.2) is 0 Å². The topological polar surface area (TPSA) is 4.93 Å². The van der Waals surface area contributed by atoms with Crippen molar-refractivity contribution in [1.82, 2.24) is 4.57 Å². The molecule has 0 unspecified atom stereocenters. The number of nitrogens with zero attached hydrogens (tertiary/aromatic N) is 1. The van der Waals surface area contributed by atoms with Crippen molar-refractivity contribution in [2.45, 2.75) is 12.8 Å². The lowest BCUT2D eigenvalue weighted by Crippen LogP contribution is -1.96. The Bertz CT molecular complexity index is 726. The van der Waals surface area contributed by atoms with E-state index in [1.807, 2.05) is 24.3 Å². The van der Waals surface area contributed by atoms with Crippen molar-refractivity contribution in [3.05, 3.63) is 64.8 Å². The van der Waals surface area contributed by atoms with Crippen LogP contribution in [0.1, 0.15) is 11.3 Å². The monoisotopic (exact) mass is 289 g/mol. The highest BCUT2D eigenvalue weighted by Gasteiger charge is 2.08. The Labute approximate surface area is 122 Å². The molecule has 0 N–H and O–H groups in total. The van der Waals surface area contributed by atoms with Crippen LogP contribution < -0.4 is 0 Å². The number of alkyl halides is 1. The summed E-state index contributed by atoms with van der Waals surface area (Å²) in [5.74, 6) is 0.529. The molecule has 3 rings (SSSR count). The average molecular weight is 290 g/mol. The summed E-state index contributed by atoms with van der Waals surface area (Å²) in [6.45, 7) is 2.11. The van der Waals surface area contributed by atoms with Gasteiger partial charge in [-0.05, 0) is 48.9 Å². The lowest BCUT2D eigenvalue weighted by atomic mass is 10.2. The number of hydrogen-bond acceptors (Lipinski definition) is 0. The average Bonchev–Trinajstić information content (AvgIpc) is 2.75. The minimum Gasteiger partial charge on any atom is -0.314 e. The lowest BCUT2D eigenvalue weighted by Gasteiger charge is -2.09. The highest BCUT2D eigenvalue weighted by molar-refractivity contribution is 6.30. The molecule has 0 spiro atoms. The van der Waals surface area contributed by atoms with Gasteiger partial charge in [0.2, 0.25) is 0 Å². The van der Waals surface area contributed by atoms with E-state index in [4.69, 9.17) is 23.2 Å². The molecule has 0 aliphatic carbocycles. The Morgan fingerprint density at radius 2 is 1.74 bits per heavy atom. The summed E-state index contributed by atoms with van der Waals surface area (Å²) in [6, 6.07) is 16.4. The Kier molecular flexibility index (Phi) is 3.26. The zero-order valence-electron chi connectivity index (χ0n) is 10.5. The highest BCUT2D eigenvalue weighted by atomic mass is 35.5. The van der Waals surface area contributed by atoms with E-state index in [-0.39, 0.29) is 0 Å². The summed E-state index contributed by atoms with van der Waals surface area (Å²) in [7, 11) is 0. The second-order valence-electron chi connectivity index (χ2n) is 4.62. The van der Waals surface area contributed by atoms with Crippen molar-refractivity contribution in [2.24, 2.45) is 0 Å². The minimum absolute atomic E-state index is 0.529. The van der Waals surface area contributed by atoms with Gasteiger partial charge >= 0.3 is 0 Å². The fourth-order valence-electron chi connectivity index (χ4n) is 2.40. The molecule has 3 heteroatoms. The molecule has 1 heterocycles. The molecule has 0 aliphatic rings. The molecular formula is C16H13Cl2N. The Morgan fingerprint density at radius 3 is 2.42 bits per heavy atom. The molecule has 0 bridgehead atoms. The molecule has 0 atom stereocenters. The van der Waals surface area contributed by atoms with Crippen LogP contribution >= 0.6 is 23.2 Å². The van der Waals surface area contributed by atoms with Gasteiger partial charge in [-0.1, -0.05) is 23.7 Å². The quantitative estimate of drug-likeness (QED) is 0.562. The van der Waals surface area contributed by atoms with E-state index in [0.717, 1.165) is 16.3 Å². The van der Waals surface area contributed by atoms with Crippen LogP contribution in [0, 0.1) is 6.92 Å². The number of aryl methyl sites for hydroxylation is 1. The SMILES string of the molecule is Cc1cc2ccc(CCl)cc2n1-c1ccc(Cl)cc1. The van der Waals surface area contributed by atoms with Gasteiger partial charge < -0.3 is 4.57 Å². The van der Waals surface area contributed by atoms with Gasteiger partial charge in [-0.15, -0.1) is 11.6 Å². The third-order valence-corrected chi connectivity index (χ3v) is 3.85. The Hall–Kier alpha value is -1.44. The van der Waals surface area contributed by atoms with E-state index in [1.165, 1.54) is 16.6 Å². The molecule has 1 aromatic heterocycles. The van der Waals surface area contributed by atoms with Gasteiger partial charge in [0.1, 0.15) is 0 Å². The maximum atomic E-state index is 5.95. The van der Waals surface area contributed by atoms with Crippen LogP contribution in [0.4, 0.5) is 0 Å². The summed E-state index contributed by atoms with van der Waals surface area (Å²) in [6.07, 6.45) is 0. The fourth-order valence-corrected chi connectivity index (χ4v) is 2.69. The third-order valence-electron chi connectivity index (χ3n) is 3.29. The number of fused-ring (bicyclic) bond motifs is 1. The molecular weight excluding hydrogens is 277 g/mol. The predicted molar refractivity (Wildman–Crippen MR) is 82.6 cm³/mol. The highest BCUT2D eigenvalue weighted by Crippen LogP contribution is 2.26. The molecule has 2 aromatic carbocycles. The van der Waals surface area contributed by atoms with Gasteiger partial charge in [-0.2, -0.15) is 0 Å². The third kappa shape index (κ3) is 2.24. The van der Waals surface area contributed by atoms with Crippen LogP contribution in [0.5, 0.6) is 0 Å². The number of rotatable bonds is 2. The van der Waals surface area contributed by atoms with Gasteiger partial charge in [0.25, 0.3) is 0 Å². The van der Waals surface area contributed by atoms with Crippen LogP contribution in [0.15, 0.2) is 48.5 Å². The van der Waals surface area contributed by atoms with E-state index < -0.39 is 0 Å². The molecule has 0 fully saturated rings. The second kappa shape index (κ2) is 4.92. The first-order chi connectivity index (χ1) is 9.19. The summed E-state index contributed by atoms with van der Waals surface area (Å²) >= 11 is 11.9. The molecule has 96 valence electrons. The number of hydrogen-bond donors (Lipinski definition) is 0. The largest absolute Gasteiger partial charge is 0.314 e. The number of benzene rings is 2. The van der Waals surface area contributed by atoms with Crippen molar-refractivity contribution >= 4 is 34.1 Å². The van der Waals surface area contributed by atoms with Crippen molar-refractivity contribution in [3.8, 4) is 5.69 Å². The molecule has 19 heavy (non-hydrogen) atoms. The Balaban J connectivity index is 2.26. The smallest absolute Gasteiger partial charge is 0.0534 e. The first-order valence-corrected chi connectivity index (χ1v) is 7.03. The van der Waals surface area contributed by atoms with Crippen LogP contribution in [-0.2, 0) is 5.88 Å². The number of halogens is 2. The van der Waals surface area contributed by atoms with Gasteiger partial charge in [0.15, 0.2) is 0 Å². The standard InChI is InChI=1S/C16H13Cl2N/c1-11-8-13-3-2-12(10-17)9-16(13)19(11)15-6-4-14(18)5-7-15/h2-9H,10H2,1H3. The van der Waals surface area contributed by atoms with Gasteiger partial charge in [0.05, 0.1) is 5.52 Å². The summed E-state index contributed by atoms with van der Waals surface area (Å²) in [4.78, 5) is 0. The van der Waals surface area contributed by atoms with Crippen LogP contribution in [0.3, 0.4) is 0 Å². The normalized spacial score (nSPS) is 11.1. The summed E-state index contributed by atoms with van der Waals surface area (Å²) < 4.78 is 2.22. The van der Waals surface area contributed by atoms with Crippen molar-refractivity contribution < 1.29 is 0 Å². The van der Waals surface area contributed by atoms with E-state index in [9.17, 15) is 0 Å². The lowest BCUT2D eigenvalue weighted by molar-refractivity contribution is 1.05. The van der Waals surface area contributed by atoms with Crippen LogP contribution in [0.25, 0.3) is 16.6 Å². The van der Waals surface area contributed by atoms with Gasteiger partial charge in [0, 0.05) is 27.7 Å². The molecule has 0 amide bonds. The fraction of sp³-hybridized carbons (Fsp3) is 0.125. The summed E-state index contributed by atoms with van der Waals surface area (Å²) in [5, 5.41) is 1.97. The maximum absolute atomic E-state index is 5.95. The summed E-state index contributed by atoms with van der Waals surface area (Å²) in [5.41, 5.74) is 4.62. The minimum atomic E-state index is 0.529. The van der Waals surface area contributed by atoms with Crippen molar-refractivity contribution in [2.75, 3.05) is 0 Å². The maximum Gasteiger partial charge on any atom is 0.0534 e. The molecule has 0 radical (unpaired) electrons. The van der Waals surface area contributed by atoms with E-state index >= 15 is 0 Å².